The summed E-state index contributed by atoms with van der Waals surface area (Å²) < 4.78 is 30.0. The fourth-order valence-electron chi connectivity index (χ4n) is 3.34. The molecule has 2 amide bonds. The van der Waals surface area contributed by atoms with E-state index >= 15 is 0 Å². The first-order valence-electron chi connectivity index (χ1n) is 8.63. The summed E-state index contributed by atoms with van der Waals surface area (Å²) in [5.74, 6) is -0.103. The molecule has 0 atom stereocenters. The van der Waals surface area contributed by atoms with Gasteiger partial charge in [0.25, 0.3) is 5.91 Å². The maximum Gasteiger partial charge on any atom is 0.409 e. The molecule has 0 aromatic heterocycles. The molecule has 1 aromatic rings. The summed E-state index contributed by atoms with van der Waals surface area (Å²) in [6.45, 7) is 4.28. The number of hydrogen-bond donors (Lipinski definition) is 0. The van der Waals surface area contributed by atoms with E-state index in [2.05, 4.69) is 0 Å². The average Bonchev–Trinajstić information content (AvgIpc) is 3.05. The van der Waals surface area contributed by atoms with Crippen molar-refractivity contribution in [2.45, 2.75) is 13.3 Å². The SMILES string of the molecule is CCOC(=O)N1CCN(C(=O)c2ccc3c(c2)CCN3S(C)(=O)=O)CC1. The van der Waals surface area contributed by atoms with Gasteiger partial charge in [-0.2, -0.15) is 0 Å². The smallest absolute Gasteiger partial charge is 0.409 e. The number of benzene rings is 1. The second kappa shape index (κ2) is 7.14. The van der Waals surface area contributed by atoms with Crippen LogP contribution >= 0.6 is 0 Å². The van der Waals surface area contributed by atoms with Gasteiger partial charge in [0.1, 0.15) is 0 Å². The molecule has 9 heteroatoms. The molecule has 0 unspecified atom stereocenters. The highest BCUT2D eigenvalue weighted by Gasteiger charge is 2.29. The molecule has 0 radical (unpaired) electrons. The molecule has 0 aliphatic carbocycles. The molecule has 3 rings (SSSR count). The molecule has 1 aromatic carbocycles. The predicted molar refractivity (Wildman–Crippen MR) is 96.8 cm³/mol. The monoisotopic (exact) mass is 381 g/mol. The van der Waals surface area contributed by atoms with Gasteiger partial charge in [-0.3, -0.25) is 9.10 Å². The highest BCUT2D eigenvalue weighted by molar-refractivity contribution is 7.92. The fraction of sp³-hybridized carbons (Fsp3) is 0.529. The third kappa shape index (κ3) is 3.62. The van der Waals surface area contributed by atoms with Crippen LogP contribution in [0.15, 0.2) is 18.2 Å². The largest absolute Gasteiger partial charge is 0.450 e. The highest BCUT2D eigenvalue weighted by atomic mass is 32.2. The normalized spacial score (nSPS) is 17.2. The second-order valence-corrected chi connectivity index (χ2v) is 8.31. The zero-order valence-electron chi connectivity index (χ0n) is 15.0. The maximum absolute atomic E-state index is 12.7. The van der Waals surface area contributed by atoms with Crippen LogP contribution in [-0.2, 0) is 21.2 Å². The van der Waals surface area contributed by atoms with Crippen LogP contribution in [0.25, 0.3) is 0 Å². The number of fused-ring (bicyclic) bond motifs is 1. The van der Waals surface area contributed by atoms with E-state index in [9.17, 15) is 18.0 Å². The average molecular weight is 381 g/mol. The lowest BCUT2D eigenvalue weighted by Gasteiger charge is -2.34. The Labute approximate surface area is 153 Å². The van der Waals surface area contributed by atoms with Gasteiger partial charge in [0.05, 0.1) is 18.6 Å². The van der Waals surface area contributed by atoms with E-state index in [4.69, 9.17) is 4.74 Å². The molecule has 0 saturated carbocycles. The quantitative estimate of drug-likeness (QED) is 0.777. The minimum Gasteiger partial charge on any atom is -0.450 e. The summed E-state index contributed by atoms with van der Waals surface area (Å²) in [4.78, 5) is 27.8. The number of anilines is 1. The van der Waals surface area contributed by atoms with E-state index in [1.165, 1.54) is 10.6 Å². The van der Waals surface area contributed by atoms with Crippen LogP contribution in [0.2, 0.25) is 0 Å². The number of amides is 2. The van der Waals surface area contributed by atoms with Crippen LogP contribution in [0.3, 0.4) is 0 Å². The molecule has 2 aliphatic heterocycles. The van der Waals surface area contributed by atoms with E-state index in [-0.39, 0.29) is 12.0 Å². The van der Waals surface area contributed by atoms with Crippen LogP contribution in [0.4, 0.5) is 10.5 Å². The lowest BCUT2D eigenvalue weighted by atomic mass is 10.1. The van der Waals surface area contributed by atoms with Crippen molar-refractivity contribution in [3.63, 3.8) is 0 Å². The van der Waals surface area contributed by atoms with E-state index in [0.29, 0.717) is 57.0 Å². The molecule has 1 saturated heterocycles. The first-order valence-corrected chi connectivity index (χ1v) is 10.5. The Morgan fingerprint density at radius 2 is 1.73 bits per heavy atom. The Hall–Kier alpha value is -2.29. The van der Waals surface area contributed by atoms with Crippen molar-refractivity contribution in [1.82, 2.24) is 9.80 Å². The summed E-state index contributed by atoms with van der Waals surface area (Å²) in [7, 11) is -3.30. The van der Waals surface area contributed by atoms with Gasteiger partial charge >= 0.3 is 6.09 Å². The molecule has 0 N–H and O–H groups in total. The molecule has 26 heavy (non-hydrogen) atoms. The van der Waals surface area contributed by atoms with Crippen LogP contribution < -0.4 is 4.31 Å². The topological polar surface area (TPSA) is 87.2 Å². The molecule has 142 valence electrons. The van der Waals surface area contributed by atoms with Gasteiger partial charge in [-0.25, -0.2) is 13.2 Å². The Morgan fingerprint density at radius 3 is 2.35 bits per heavy atom. The Bertz CT molecular complexity index is 816. The van der Waals surface area contributed by atoms with Gasteiger partial charge < -0.3 is 14.5 Å². The number of sulfonamides is 1. The summed E-state index contributed by atoms with van der Waals surface area (Å²) in [5, 5.41) is 0. The number of ether oxygens (including phenoxy) is 1. The van der Waals surface area contributed by atoms with Gasteiger partial charge in [-0.15, -0.1) is 0 Å². The summed E-state index contributed by atoms with van der Waals surface area (Å²) in [6.07, 6.45) is 1.43. The van der Waals surface area contributed by atoms with Gasteiger partial charge in [0, 0.05) is 38.3 Å². The first kappa shape index (κ1) is 18.5. The van der Waals surface area contributed by atoms with Crippen molar-refractivity contribution < 1.29 is 22.7 Å². The van der Waals surface area contributed by atoms with Gasteiger partial charge in [-0.05, 0) is 37.1 Å². The molecular weight excluding hydrogens is 358 g/mol. The van der Waals surface area contributed by atoms with E-state index in [1.54, 1.807) is 34.9 Å². The molecule has 0 bridgehead atoms. The highest BCUT2D eigenvalue weighted by Crippen LogP contribution is 2.31. The van der Waals surface area contributed by atoms with Crippen molar-refractivity contribution in [3.05, 3.63) is 29.3 Å². The van der Waals surface area contributed by atoms with Crippen LogP contribution in [-0.4, -0.2) is 75.8 Å². The minimum absolute atomic E-state index is 0.103. The molecular formula is C17H23N3O5S. The fourth-order valence-corrected chi connectivity index (χ4v) is 4.30. The lowest BCUT2D eigenvalue weighted by molar-refractivity contribution is 0.0570. The van der Waals surface area contributed by atoms with E-state index < -0.39 is 10.0 Å². The zero-order valence-corrected chi connectivity index (χ0v) is 15.8. The standard InChI is InChI=1S/C17H23N3O5S/c1-3-25-17(22)19-10-8-18(9-11-19)16(21)14-4-5-15-13(12-14)6-7-20(15)26(2,23)24/h4-5,12H,3,6-11H2,1-2H3. The van der Waals surface area contributed by atoms with Gasteiger partial charge in [0.15, 0.2) is 0 Å². The number of nitrogens with zero attached hydrogens (tertiary/aromatic N) is 3. The predicted octanol–water partition coefficient (Wildman–Crippen LogP) is 0.923. The van der Waals surface area contributed by atoms with Crippen molar-refractivity contribution in [2.75, 3.05) is 49.9 Å². The van der Waals surface area contributed by atoms with E-state index in [0.717, 1.165) is 5.56 Å². The maximum atomic E-state index is 12.7. The van der Waals surface area contributed by atoms with Crippen LogP contribution in [0, 0.1) is 0 Å². The minimum atomic E-state index is -3.30. The molecule has 2 heterocycles. The summed E-state index contributed by atoms with van der Waals surface area (Å²) in [5.41, 5.74) is 2.06. The van der Waals surface area contributed by atoms with Crippen LogP contribution in [0.1, 0.15) is 22.8 Å². The van der Waals surface area contributed by atoms with E-state index in [1.807, 2.05) is 0 Å². The van der Waals surface area contributed by atoms with Gasteiger partial charge in [0.2, 0.25) is 10.0 Å². The van der Waals surface area contributed by atoms with Crippen molar-refractivity contribution in [1.29, 1.82) is 0 Å². The Morgan fingerprint density at radius 1 is 1.08 bits per heavy atom. The lowest BCUT2D eigenvalue weighted by Crippen LogP contribution is -2.50. The first-order chi connectivity index (χ1) is 12.3. The number of rotatable bonds is 3. The molecule has 2 aliphatic rings. The second-order valence-electron chi connectivity index (χ2n) is 6.41. The number of piperazine rings is 1. The zero-order chi connectivity index (χ0) is 18.9. The third-order valence-corrected chi connectivity index (χ3v) is 5.85. The Balaban J connectivity index is 1.68. The molecule has 0 spiro atoms. The summed E-state index contributed by atoms with van der Waals surface area (Å²) in [6, 6.07) is 5.15. The molecule has 8 nitrogen and oxygen atoms in total. The van der Waals surface area contributed by atoms with Crippen molar-refractivity contribution in [2.24, 2.45) is 0 Å². The third-order valence-electron chi connectivity index (χ3n) is 4.67. The van der Waals surface area contributed by atoms with Gasteiger partial charge in [-0.1, -0.05) is 0 Å². The molecule has 1 fully saturated rings. The number of carbonyl (C=O) groups is 2. The van der Waals surface area contributed by atoms with Crippen molar-refractivity contribution in [3.8, 4) is 0 Å². The van der Waals surface area contributed by atoms with Crippen molar-refractivity contribution >= 4 is 27.7 Å². The summed E-state index contributed by atoms with van der Waals surface area (Å²) >= 11 is 0. The number of hydrogen-bond acceptors (Lipinski definition) is 5. The number of carbonyl (C=O) groups excluding carboxylic acids is 2. The Kier molecular flexibility index (Phi) is 5.08. The van der Waals surface area contributed by atoms with Crippen LogP contribution in [0.5, 0.6) is 0 Å².